The highest BCUT2D eigenvalue weighted by molar-refractivity contribution is 6.01. The molecule has 0 aromatic heterocycles. The largest absolute Gasteiger partial charge is 0.484 e. The summed E-state index contributed by atoms with van der Waals surface area (Å²) in [7, 11) is 2.01. The van der Waals surface area contributed by atoms with E-state index in [1.165, 1.54) is 5.56 Å². The number of nitrogens with zero attached hydrogens (tertiary/aromatic N) is 5. The number of likely N-dealkylation sites (N-methyl/N-ethyl adjacent to an activating group) is 1. The summed E-state index contributed by atoms with van der Waals surface area (Å²) in [6.45, 7) is 14.2. The van der Waals surface area contributed by atoms with Crippen LogP contribution in [-0.4, -0.2) is 116 Å². The van der Waals surface area contributed by atoms with E-state index in [4.69, 9.17) is 26.6 Å². The number of fused-ring (bicyclic) bond motifs is 1. The Morgan fingerprint density at radius 3 is 2.65 bits per heavy atom. The van der Waals surface area contributed by atoms with Crippen molar-refractivity contribution in [1.29, 1.82) is 0 Å². The van der Waals surface area contributed by atoms with E-state index in [1.54, 1.807) is 6.08 Å². The van der Waals surface area contributed by atoms with E-state index in [-0.39, 0.29) is 12.0 Å². The van der Waals surface area contributed by atoms with Gasteiger partial charge in [0, 0.05) is 63.5 Å². The van der Waals surface area contributed by atoms with Crippen LogP contribution < -0.4 is 10.5 Å². The molecule has 1 atom stereocenters. The van der Waals surface area contributed by atoms with Crippen molar-refractivity contribution in [2.75, 3.05) is 72.6 Å². The number of hydrogen-bond acceptors (Lipinski definition) is 8. The third-order valence-corrected chi connectivity index (χ3v) is 9.04. The van der Waals surface area contributed by atoms with Crippen LogP contribution in [0.4, 0.5) is 5.69 Å². The van der Waals surface area contributed by atoms with Crippen LogP contribution in [0.15, 0.2) is 59.3 Å². The number of allylic oxidation sites excluding steroid dienone is 1. The quantitative estimate of drug-likeness (QED) is 0.352. The topological polar surface area (TPSA) is 86.9 Å². The number of rotatable bonds is 9. The van der Waals surface area contributed by atoms with Gasteiger partial charge in [-0.15, -0.1) is 12.3 Å². The molecule has 230 valence electrons. The van der Waals surface area contributed by atoms with Crippen LogP contribution in [0.2, 0.25) is 0 Å². The zero-order chi connectivity index (χ0) is 30.3. The molecule has 4 aliphatic rings. The Bertz CT molecular complexity index is 1290. The van der Waals surface area contributed by atoms with Gasteiger partial charge >= 0.3 is 0 Å². The van der Waals surface area contributed by atoms with Gasteiger partial charge in [-0.25, -0.2) is 4.99 Å². The average Bonchev–Trinajstić information content (AvgIpc) is 3.11. The molecule has 1 aromatic rings. The highest BCUT2D eigenvalue weighted by atomic mass is 16.5. The maximum absolute atomic E-state index is 12.6. The highest BCUT2D eigenvalue weighted by Gasteiger charge is 2.36. The number of carbonyl (C=O) groups is 1. The minimum atomic E-state index is -0.250. The number of carbonyl (C=O) groups excluding carboxylic acids is 1. The summed E-state index contributed by atoms with van der Waals surface area (Å²) < 4.78 is 11.9. The fraction of sp³-hybridized carbons (Fsp3) is 0.529. The second kappa shape index (κ2) is 14.3. The Hall–Kier alpha value is -3.58. The van der Waals surface area contributed by atoms with E-state index in [0.717, 1.165) is 94.3 Å². The summed E-state index contributed by atoms with van der Waals surface area (Å²) in [5, 5.41) is 0. The molecule has 0 aliphatic carbocycles. The molecule has 0 radical (unpaired) electrons. The standard InChI is InChI=1S/C34H46N6O3/c1-5-7-14-37(4)15-8-9-32(41)40-23-28(24-40)38-16-12-26(13-17-38)27-10-11-31-29(22-27)36-34(35)33(25(3)43-31)30(6-2)39-18-20-42-21-19-39/h1,6,8-11,22,25-26,28H,2,7,12-21,23-24H2,3-4H3,(H2,35,36)/b9-8+,33-30+. The number of hydrogen-bond donors (Lipinski definition) is 1. The maximum Gasteiger partial charge on any atom is 0.246 e. The first-order valence-corrected chi connectivity index (χ1v) is 15.5. The average molecular weight is 587 g/mol. The summed E-state index contributed by atoms with van der Waals surface area (Å²) >= 11 is 0. The Balaban J connectivity index is 1.16. The molecule has 1 aromatic carbocycles. The molecule has 9 nitrogen and oxygen atoms in total. The van der Waals surface area contributed by atoms with Crippen LogP contribution in [0.5, 0.6) is 5.75 Å². The van der Waals surface area contributed by atoms with E-state index in [0.29, 0.717) is 31.0 Å². The van der Waals surface area contributed by atoms with Crippen molar-refractivity contribution in [3.05, 3.63) is 59.8 Å². The highest BCUT2D eigenvalue weighted by Crippen LogP contribution is 2.39. The molecule has 43 heavy (non-hydrogen) atoms. The maximum atomic E-state index is 12.6. The van der Waals surface area contributed by atoms with E-state index in [9.17, 15) is 4.79 Å². The molecule has 3 fully saturated rings. The van der Waals surface area contributed by atoms with Crippen molar-refractivity contribution < 1.29 is 14.3 Å². The Kier molecular flexibility index (Phi) is 10.2. The molecule has 4 aliphatic heterocycles. The number of terminal acetylenes is 1. The fourth-order valence-corrected chi connectivity index (χ4v) is 6.43. The lowest BCUT2D eigenvalue weighted by Crippen LogP contribution is -2.61. The van der Waals surface area contributed by atoms with Crippen molar-refractivity contribution in [3.8, 4) is 18.1 Å². The fourth-order valence-electron chi connectivity index (χ4n) is 6.43. The van der Waals surface area contributed by atoms with Gasteiger partial charge in [0.2, 0.25) is 5.91 Å². The second-order valence-corrected chi connectivity index (χ2v) is 11.9. The summed E-state index contributed by atoms with van der Waals surface area (Å²) in [4.78, 5) is 26.3. The molecule has 0 bridgehead atoms. The molecule has 9 heteroatoms. The van der Waals surface area contributed by atoms with Crippen LogP contribution in [0, 0.1) is 12.3 Å². The molecular formula is C34H46N6O3. The number of benzene rings is 1. The first-order chi connectivity index (χ1) is 20.9. The van der Waals surface area contributed by atoms with E-state index in [1.807, 2.05) is 37.1 Å². The zero-order valence-corrected chi connectivity index (χ0v) is 25.7. The molecule has 5 rings (SSSR count). The predicted molar refractivity (Wildman–Crippen MR) is 171 cm³/mol. The smallest absolute Gasteiger partial charge is 0.246 e. The van der Waals surface area contributed by atoms with Crippen LogP contribution in [0.1, 0.15) is 37.7 Å². The van der Waals surface area contributed by atoms with Crippen LogP contribution >= 0.6 is 0 Å². The van der Waals surface area contributed by atoms with Crippen molar-refractivity contribution in [3.63, 3.8) is 0 Å². The van der Waals surface area contributed by atoms with E-state index >= 15 is 0 Å². The molecule has 0 spiro atoms. The molecular weight excluding hydrogens is 540 g/mol. The van der Waals surface area contributed by atoms with E-state index in [2.05, 4.69) is 39.3 Å². The lowest BCUT2D eigenvalue weighted by molar-refractivity contribution is -0.133. The number of ether oxygens (including phenoxy) is 2. The van der Waals surface area contributed by atoms with Gasteiger partial charge in [0.1, 0.15) is 23.4 Å². The van der Waals surface area contributed by atoms with E-state index < -0.39 is 0 Å². The summed E-state index contributed by atoms with van der Waals surface area (Å²) in [5.74, 6) is 4.44. The Morgan fingerprint density at radius 2 is 1.95 bits per heavy atom. The van der Waals surface area contributed by atoms with Gasteiger partial charge in [0.15, 0.2) is 0 Å². The van der Waals surface area contributed by atoms with Gasteiger partial charge in [0.05, 0.1) is 18.8 Å². The van der Waals surface area contributed by atoms with Gasteiger partial charge in [-0.05, 0) is 69.6 Å². The number of amides is 1. The second-order valence-electron chi connectivity index (χ2n) is 11.9. The third kappa shape index (κ3) is 7.32. The Morgan fingerprint density at radius 1 is 1.21 bits per heavy atom. The number of morpholine rings is 1. The minimum absolute atomic E-state index is 0.0981. The normalized spacial score (nSPS) is 23.2. The molecule has 1 amide bonds. The lowest BCUT2D eigenvalue weighted by Gasteiger charge is -2.47. The first kappa shape index (κ1) is 30.9. The van der Waals surface area contributed by atoms with Gasteiger partial charge < -0.3 is 29.9 Å². The van der Waals surface area contributed by atoms with Crippen molar-refractivity contribution in [2.45, 2.75) is 44.2 Å². The van der Waals surface area contributed by atoms with Crippen LogP contribution in [0.25, 0.3) is 0 Å². The molecule has 3 saturated heterocycles. The van der Waals surface area contributed by atoms with Crippen molar-refractivity contribution >= 4 is 17.4 Å². The monoisotopic (exact) mass is 586 g/mol. The SMILES string of the molecule is C#CCCN(C)C/C=C/C(=O)N1CC(N2CCC(c3ccc4c(c3)N=C(N)/C(=C(\C=C)N3CCOCC3)C(C)O4)CC2)C1. The molecule has 2 N–H and O–H groups in total. The van der Waals surface area contributed by atoms with Crippen molar-refractivity contribution in [1.82, 2.24) is 19.6 Å². The lowest BCUT2D eigenvalue weighted by atomic mass is 9.88. The van der Waals surface area contributed by atoms with Crippen molar-refractivity contribution in [2.24, 2.45) is 10.7 Å². The predicted octanol–water partition coefficient (Wildman–Crippen LogP) is 3.13. The number of amidine groups is 1. The number of likely N-dealkylation sites (tertiary alicyclic amines) is 2. The minimum Gasteiger partial charge on any atom is -0.484 e. The van der Waals surface area contributed by atoms with Gasteiger partial charge in [-0.2, -0.15) is 0 Å². The van der Waals surface area contributed by atoms with Crippen LogP contribution in [0.3, 0.4) is 0 Å². The number of nitrogens with two attached hydrogens (primary N) is 1. The zero-order valence-electron chi connectivity index (χ0n) is 25.7. The van der Waals surface area contributed by atoms with Gasteiger partial charge in [-0.1, -0.05) is 18.7 Å². The third-order valence-electron chi connectivity index (χ3n) is 9.04. The summed E-state index contributed by atoms with van der Waals surface area (Å²) in [5.41, 5.74) is 10.5. The van der Waals surface area contributed by atoms with Crippen LogP contribution in [-0.2, 0) is 9.53 Å². The summed E-state index contributed by atoms with van der Waals surface area (Å²) in [6.07, 6.45) is 13.4. The molecule has 0 saturated carbocycles. The van der Waals surface area contributed by atoms with Gasteiger partial charge in [-0.3, -0.25) is 9.69 Å². The number of aliphatic imine (C=N–C) groups is 1. The number of piperidine rings is 1. The summed E-state index contributed by atoms with van der Waals surface area (Å²) in [6, 6.07) is 6.83. The molecule has 4 heterocycles. The molecule has 1 unspecified atom stereocenters. The Labute approximate surface area is 256 Å². The first-order valence-electron chi connectivity index (χ1n) is 15.5. The van der Waals surface area contributed by atoms with Gasteiger partial charge in [0.25, 0.3) is 0 Å².